The third-order valence-electron chi connectivity index (χ3n) is 9.44. The Balaban J connectivity index is 1.08. The van der Waals surface area contributed by atoms with Crippen LogP contribution >= 0.6 is 0 Å². The van der Waals surface area contributed by atoms with Gasteiger partial charge < -0.3 is 30.3 Å². The lowest BCUT2D eigenvalue weighted by Crippen LogP contribution is -2.55. The number of nitrogens with one attached hydrogen (secondary N) is 3. The summed E-state index contributed by atoms with van der Waals surface area (Å²) in [6.07, 6.45) is 4.77. The van der Waals surface area contributed by atoms with E-state index in [0.717, 1.165) is 37.7 Å². The van der Waals surface area contributed by atoms with Crippen LogP contribution in [0.3, 0.4) is 0 Å². The first-order valence-corrected chi connectivity index (χ1v) is 16.1. The minimum atomic E-state index is -1.17. The molecule has 0 bridgehead atoms. The lowest BCUT2D eigenvalue weighted by atomic mass is 9.91. The average Bonchev–Trinajstić information content (AvgIpc) is 3.40. The molecule has 11 nitrogen and oxygen atoms in total. The molecule has 3 N–H and O–H groups in total. The number of carbonyl (C=O) groups is 5. The minimum absolute atomic E-state index is 0.0238. The van der Waals surface area contributed by atoms with Crippen molar-refractivity contribution in [2.45, 2.75) is 69.7 Å². The van der Waals surface area contributed by atoms with Crippen molar-refractivity contribution in [2.24, 2.45) is 17.8 Å². The van der Waals surface area contributed by atoms with Crippen LogP contribution in [-0.2, 0) is 30.6 Å². The fourth-order valence-corrected chi connectivity index (χ4v) is 6.79. The zero-order valence-corrected chi connectivity index (χ0v) is 25.5. The number of nitrogens with zero attached hydrogens (tertiary/aromatic N) is 1. The molecule has 0 spiro atoms. The Hall–Kier alpha value is -4.48. The number of amides is 4. The number of Topliss-reactive ketones (excluding diaryl/α,β-unsaturated/α-hetero) is 1. The molecule has 0 unspecified atom stereocenters. The molecular weight excluding hydrogens is 595 g/mol. The van der Waals surface area contributed by atoms with E-state index in [1.807, 2.05) is 0 Å². The number of hydrogen-bond acceptors (Lipinski definition) is 7. The highest BCUT2D eigenvalue weighted by atomic mass is 19.1. The van der Waals surface area contributed by atoms with Gasteiger partial charge in [-0.05, 0) is 92.3 Å². The molecule has 2 aliphatic carbocycles. The summed E-state index contributed by atoms with van der Waals surface area (Å²) in [6.45, 7) is 0.874. The molecule has 2 saturated heterocycles. The molecular formula is C34H39FN4O7. The highest BCUT2D eigenvalue weighted by Crippen LogP contribution is 2.42. The second-order valence-corrected chi connectivity index (χ2v) is 12.7. The maximum atomic E-state index is 13.9. The number of benzene rings is 2. The number of likely N-dealkylation sites (tertiary alicyclic amines) is 1. The average molecular weight is 635 g/mol. The van der Waals surface area contributed by atoms with Crippen molar-refractivity contribution in [3.63, 3.8) is 0 Å². The minimum Gasteiger partial charge on any atom is -0.489 e. The van der Waals surface area contributed by atoms with Gasteiger partial charge in [0.15, 0.2) is 6.61 Å². The van der Waals surface area contributed by atoms with Gasteiger partial charge in [-0.1, -0.05) is 18.6 Å². The first-order valence-electron chi connectivity index (χ1n) is 16.1. The van der Waals surface area contributed by atoms with Gasteiger partial charge in [0.05, 0.1) is 6.04 Å². The fraction of sp³-hybridized carbons (Fsp3) is 0.500. The second kappa shape index (κ2) is 13.9. The number of ketones is 1. The lowest BCUT2D eigenvalue weighted by molar-refractivity contribution is -0.143. The van der Waals surface area contributed by atoms with Crippen LogP contribution in [-0.4, -0.2) is 72.1 Å². The Morgan fingerprint density at radius 3 is 2.33 bits per heavy atom. The summed E-state index contributed by atoms with van der Waals surface area (Å²) in [5.41, 5.74) is 0.822. The Labute approximate surface area is 266 Å². The van der Waals surface area contributed by atoms with Crippen LogP contribution in [0.1, 0.15) is 50.5 Å². The van der Waals surface area contributed by atoms with Crippen molar-refractivity contribution in [3.8, 4) is 11.5 Å². The van der Waals surface area contributed by atoms with Crippen molar-refractivity contribution in [1.29, 1.82) is 0 Å². The molecule has 0 aromatic heterocycles. The van der Waals surface area contributed by atoms with E-state index in [1.54, 1.807) is 36.4 Å². The van der Waals surface area contributed by atoms with E-state index in [9.17, 15) is 28.4 Å². The topological polar surface area (TPSA) is 143 Å². The molecule has 4 fully saturated rings. The number of rotatable bonds is 13. The standard InChI is InChI=1S/C34H39FN4O7/c35-23-6-4-20(5-7-23)18-45-25-10-12-26(13-11-25)46-19-29(40)39-17-22-2-1-3-27(22)30(39)33(43)38-28(16-21-14-15-36-32(21)42)31(41)34(44)37-24-8-9-24/h4-7,10-13,21-22,24,27-28,30H,1-3,8-9,14-19H2,(H,36,42)(H,37,44)(H,38,43)/t21-,22-,27-,28-,30-/m0/s1. The molecule has 244 valence electrons. The predicted molar refractivity (Wildman–Crippen MR) is 163 cm³/mol. The summed E-state index contributed by atoms with van der Waals surface area (Å²) in [7, 11) is 0. The highest BCUT2D eigenvalue weighted by molar-refractivity contribution is 6.38. The van der Waals surface area contributed by atoms with Crippen molar-refractivity contribution < 1.29 is 37.8 Å². The molecule has 2 aromatic carbocycles. The Morgan fingerprint density at radius 2 is 1.65 bits per heavy atom. The third kappa shape index (κ3) is 7.48. The van der Waals surface area contributed by atoms with Crippen LogP contribution in [0.15, 0.2) is 48.5 Å². The molecule has 0 radical (unpaired) electrons. The van der Waals surface area contributed by atoms with Gasteiger partial charge >= 0.3 is 0 Å². The summed E-state index contributed by atoms with van der Waals surface area (Å²) in [4.78, 5) is 67.1. The van der Waals surface area contributed by atoms with Gasteiger partial charge in [-0.15, -0.1) is 0 Å². The largest absolute Gasteiger partial charge is 0.489 e. The van der Waals surface area contributed by atoms with Crippen molar-refractivity contribution in [2.75, 3.05) is 19.7 Å². The number of hydrogen-bond donors (Lipinski definition) is 3. The summed E-state index contributed by atoms with van der Waals surface area (Å²) in [5.74, 6) is -2.25. The van der Waals surface area contributed by atoms with Crippen LogP contribution in [0, 0.1) is 23.6 Å². The first kappa shape index (κ1) is 31.5. The predicted octanol–water partition coefficient (Wildman–Crippen LogP) is 2.27. The highest BCUT2D eigenvalue weighted by Gasteiger charge is 2.50. The first-order chi connectivity index (χ1) is 22.2. The van der Waals surface area contributed by atoms with E-state index in [4.69, 9.17) is 9.47 Å². The van der Waals surface area contributed by atoms with Gasteiger partial charge in [0, 0.05) is 25.0 Å². The van der Waals surface area contributed by atoms with Crippen LogP contribution in [0.5, 0.6) is 11.5 Å². The summed E-state index contributed by atoms with van der Waals surface area (Å²) in [5, 5.41) is 8.22. The van der Waals surface area contributed by atoms with Gasteiger partial charge in [-0.3, -0.25) is 24.0 Å². The van der Waals surface area contributed by atoms with Gasteiger partial charge in [0.1, 0.15) is 30.0 Å². The molecule has 12 heteroatoms. The zero-order chi connectivity index (χ0) is 32.2. The van der Waals surface area contributed by atoms with Crippen LogP contribution in [0.2, 0.25) is 0 Å². The third-order valence-corrected chi connectivity index (χ3v) is 9.44. The molecule has 5 atom stereocenters. The zero-order valence-electron chi connectivity index (χ0n) is 25.5. The van der Waals surface area contributed by atoms with Crippen molar-refractivity contribution >= 4 is 29.4 Å². The van der Waals surface area contributed by atoms with E-state index < -0.39 is 35.6 Å². The van der Waals surface area contributed by atoms with E-state index in [0.29, 0.717) is 31.0 Å². The molecule has 2 heterocycles. The van der Waals surface area contributed by atoms with Gasteiger partial charge in [0.2, 0.25) is 17.6 Å². The summed E-state index contributed by atoms with van der Waals surface area (Å²) in [6, 6.07) is 10.8. The SMILES string of the molecule is O=C(NC1CC1)C(=O)[C@H](C[C@@H]1CCNC1=O)NC(=O)[C@@H]1[C@H]2CCC[C@H]2CN1C(=O)COc1ccc(OCc2ccc(F)cc2)cc1. The molecule has 4 aliphatic rings. The smallest absolute Gasteiger partial charge is 0.289 e. The number of carbonyl (C=O) groups excluding carboxylic acids is 5. The normalized spacial score (nSPS) is 24.1. The fourth-order valence-electron chi connectivity index (χ4n) is 6.79. The quantitative estimate of drug-likeness (QED) is 0.287. The molecule has 6 rings (SSSR count). The number of fused-ring (bicyclic) bond motifs is 1. The maximum Gasteiger partial charge on any atom is 0.289 e. The van der Waals surface area contributed by atoms with E-state index in [-0.39, 0.29) is 55.1 Å². The molecule has 46 heavy (non-hydrogen) atoms. The van der Waals surface area contributed by atoms with Gasteiger partial charge in [-0.2, -0.15) is 0 Å². The van der Waals surface area contributed by atoms with Crippen molar-refractivity contribution in [1.82, 2.24) is 20.9 Å². The van der Waals surface area contributed by atoms with Crippen molar-refractivity contribution in [3.05, 3.63) is 59.9 Å². The molecule has 2 aromatic rings. The Morgan fingerprint density at radius 1 is 0.935 bits per heavy atom. The van der Waals surface area contributed by atoms with E-state index >= 15 is 0 Å². The maximum absolute atomic E-state index is 13.9. The summed E-state index contributed by atoms with van der Waals surface area (Å²) >= 11 is 0. The van der Waals surface area contributed by atoms with E-state index in [1.165, 1.54) is 17.0 Å². The molecule has 2 aliphatic heterocycles. The van der Waals surface area contributed by atoms with Gasteiger partial charge in [-0.25, -0.2) is 4.39 Å². The number of ether oxygens (including phenoxy) is 2. The van der Waals surface area contributed by atoms with Crippen LogP contribution in [0.25, 0.3) is 0 Å². The van der Waals surface area contributed by atoms with Crippen LogP contribution in [0.4, 0.5) is 4.39 Å². The summed E-state index contributed by atoms with van der Waals surface area (Å²) < 4.78 is 24.6. The Kier molecular flexibility index (Phi) is 9.51. The molecule has 4 amide bonds. The monoisotopic (exact) mass is 634 g/mol. The number of halogens is 1. The molecule has 2 saturated carbocycles. The lowest BCUT2D eigenvalue weighted by Gasteiger charge is -2.29. The second-order valence-electron chi connectivity index (χ2n) is 12.7. The Bertz CT molecular complexity index is 1460. The van der Waals surface area contributed by atoms with Gasteiger partial charge in [0.25, 0.3) is 11.8 Å². The van der Waals surface area contributed by atoms with Crippen LogP contribution < -0.4 is 25.4 Å². The van der Waals surface area contributed by atoms with E-state index in [2.05, 4.69) is 16.0 Å².